The van der Waals surface area contributed by atoms with Crippen LogP contribution in [0.5, 0.6) is 0 Å². The van der Waals surface area contributed by atoms with E-state index in [1.807, 2.05) is 0 Å². The molecule has 0 saturated heterocycles. The van der Waals surface area contributed by atoms with Crippen molar-refractivity contribution < 1.29 is 29.0 Å². The van der Waals surface area contributed by atoms with Crippen LogP contribution in [0.25, 0.3) is 11.1 Å². The predicted octanol–water partition coefficient (Wildman–Crippen LogP) is 2.96. The highest BCUT2D eigenvalue weighted by molar-refractivity contribution is 6.15. The van der Waals surface area contributed by atoms with Crippen molar-refractivity contribution in [2.75, 3.05) is 0 Å². The molecule has 2 aromatic rings. The average molecular weight is 324 g/mol. The molecule has 0 atom stereocenters. The number of benzene rings is 2. The highest BCUT2D eigenvalue weighted by Gasteiger charge is 2.29. The van der Waals surface area contributed by atoms with Crippen LogP contribution in [0.1, 0.15) is 54.8 Å². The molecule has 24 heavy (non-hydrogen) atoms. The Morgan fingerprint density at radius 3 is 2.21 bits per heavy atom. The van der Waals surface area contributed by atoms with Gasteiger partial charge in [0.15, 0.2) is 5.78 Å². The first-order chi connectivity index (χ1) is 11.4. The number of hydrogen-bond donors (Lipinski definition) is 1. The monoisotopic (exact) mass is 324 g/mol. The molecule has 2 aromatic carbocycles. The van der Waals surface area contributed by atoms with E-state index in [9.17, 15) is 24.3 Å². The number of hydrogen-bond acceptors (Lipinski definition) is 5. The molecule has 6 heteroatoms. The van der Waals surface area contributed by atoms with Gasteiger partial charge in [-0.3, -0.25) is 4.79 Å². The predicted molar refractivity (Wildman–Crippen MR) is 83.2 cm³/mol. The number of fused-ring (bicyclic) bond motifs is 1. The highest BCUT2D eigenvalue weighted by atomic mass is 16.6. The van der Waals surface area contributed by atoms with E-state index in [0.717, 1.165) is 0 Å². The lowest BCUT2D eigenvalue weighted by Gasteiger charge is -2.08. The van der Waals surface area contributed by atoms with Crippen LogP contribution in [0, 0.1) is 0 Å². The van der Waals surface area contributed by atoms with Crippen molar-refractivity contribution in [3.63, 3.8) is 0 Å². The number of cyclic esters (lactones) is 2. The number of Topliss-reactive ketones (excluding diaryl/α,β-unsaturated/α-hetero) is 1. The number of ketones is 1. The summed E-state index contributed by atoms with van der Waals surface area (Å²) >= 11 is 0. The molecule has 3 rings (SSSR count). The quantitative estimate of drug-likeness (QED) is 0.527. The Bertz CT molecular complexity index is 910. The van der Waals surface area contributed by atoms with Crippen molar-refractivity contribution in [2.45, 2.75) is 13.3 Å². The zero-order chi connectivity index (χ0) is 17.4. The van der Waals surface area contributed by atoms with E-state index in [4.69, 9.17) is 0 Å². The summed E-state index contributed by atoms with van der Waals surface area (Å²) < 4.78 is 4.54. The van der Waals surface area contributed by atoms with Gasteiger partial charge in [-0.2, -0.15) is 0 Å². The van der Waals surface area contributed by atoms with Gasteiger partial charge in [0.2, 0.25) is 0 Å². The zero-order valence-corrected chi connectivity index (χ0v) is 12.7. The van der Waals surface area contributed by atoms with Gasteiger partial charge < -0.3 is 9.84 Å². The molecular formula is C18H12O6. The largest absolute Gasteiger partial charge is 0.478 e. The Morgan fingerprint density at radius 1 is 0.917 bits per heavy atom. The van der Waals surface area contributed by atoms with Crippen LogP contribution in [0.2, 0.25) is 0 Å². The topological polar surface area (TPSA) is 97.7 Å². The van der Waals surface area contributed by atoms with Gasteiger partial charge in [0.05, 0.1) is 16.7 Å². The molecule has 1 aliphatic heterocycles. The summed E-state index contributed by atoms with van der Waals surface area (Å²) in [5.41, 5.74) is 1.55. The lowest BCUT2D eigenvalue weighted by molar-refractivity contribution is 0.0443. The van der Waals surface area contributed by atoms with E-state index >= 15 is 0 Å². The minimum absolute atomic E-state index is 0.0682. The molecule has 1 aliphatic rings. The first kappa shape index (κ1) is 15.6. The molecule has 0 unspecified atom stereocenters. The molecule has 0 spiro atoms. The zero-order valence-electron chi connectivity index (χ0n) is 12.7. The van der Waals surface area contributed by atoms with Crippen LogP contribution in [-0.2, 0) is 4.74 Å². The first-order valence-corrected chi connectivity index (χ1v) is 7.24. The minimum Gasteiger partial charge on any atom is -0.478 e. The summed E-state index contributed by atoms with van der Waals surface area (Å²) in [4.78, 5) is 46.4. The molecule has 120 valence electrons. The molecule has 0 fully saturated rings. The van der Waals surface area contributed by atoms with Crippen LogP contribution >= 0.6 is 0 Å². The van der Waals surface area contributed by atoms with E-state index in [0.29, 0.717) is 11.1 Å². The molecule has 1 heterocycles. The van der Waals surface area contributed by atoms with Gasteiger partial charge in [-0.1, -0.05) is 19.1 Å². The summed E-state index contributed by atoms with van der Waals surface area (Å²) in [7, 11) is 0. The summed E-state index contributed by atoms with van der Waals surface area (Å²) in [6, 6.07) is 8.99. The Hall–Kier alpha value is -3.28. The van der Waals surface area contributed by atoms with E-state index in [2.05, 4.69) is 4.74 Å². The Morgan fingerprint density at radius 2 is 1.54 bits per heavy atom. The average Bonchev–Trinajstić information content (AvgIpc) is 2.87. The SMILES string of the molecule is CCC(=O)c1cc(-c2ccc3c(c2)C(=O)OC3=O)ccc1C(=O)O. The van der Waals surface area contributed by atoms with Crippen molar-refractivity contribution >= 4 is 23.7 Å². The van der Waals surface area contributed by atoms with Crippen LogP contribution in [0.3, 0.4) is 0 Å². The Balaban J connectivity index is 2.12. The van der Waals surface area contributed by atoms with Gasteiger partial charge in [-0.15, -0.1) is 0 Å². The smallest absolute Gasteiger partial charge is 0.346 e. The van der Waals surface area contributed by atoms with Gasteiger partial charge >= 0.3 is 17.9 Å². The maximum Gasteiger partial charge on any atom is 0.346 e. The summed E-state index contributed by atoms with van der Waals surface area (Å²) in [6.07, 6.45) is 0.175. The fourth-order valence-corrected chi connectivity index (χ4v) is 2.60. The van der Waals surface area contributed by atoms with Crippen molar-refractivity contribution in [3.8, 4) is 11.1 Å². The van der Waals surface area contributed by atoms with Crippen LogP contribution < -0.4 is 0 Å². The van der Waals surface area contributed by atoms with Gasteiger partial charge in [0.25, 0.3) is 0 Å². The number of rotatable bonds is 4. The lowest BCUT2D eigenvalue weighted by Crippen LogP contribution is -2.08. The number of carbonyl (C=O) groups excluding carboxylic acids is 3. The van der Waals surface area contributed by atoms with Crippen molar-refractivity contribution in [1.29, 1.82) is 0 Å². The fourth-order valence-electron chi connectivity index (χ4n) is 2.60. The molecule has 0 radical (unpaired) electrons. The molecular weight excluding hydrogens is 312 g/mol. The summed E-state index contributed by atoms with van der Waals surface area (Å²) in [5, 5.41) is 9.21. The molecule has 0 bridgehead atoms. The summed E-state index contributed by atoms with van der Waals surface area (Å²) in [5.74, 6) is -2.88. The number of carbonyl (C=O) groups is 4. The van der Waals surface area contributed by atoms with Crippen LogP contribution in [0.4, 0.5) is 0 Å². The fraction of sp³-hybridized carbons (Fsp3) is 0.111. The third kappa shape index (κ3) is 2.48. The summed E-state index contributed by atoms with van der Waals surface area (Å²) in [6.45, 7) is 1.65. The Labute approximate surface area is 136 Å². The highest BCUT2D eigenvalue weighted by Crippen LogP contribution is 2.29. The van der Waals surface area contributed by atoms with Gasteiger partial charge in [0.1, 0.15) is 0 Å². The second-order valence-corrected chi connectivity index (χ2v) is 5.28. The van der Waals surface area contributed by atoms with Crippen LogP contribution in [0.15, 0.2) is 36.4 Å². The van der Waals surface area contributed by atoms with Gasteiger partial charge in [-0.25, -0.2) is 14.4 Å². The van der Waals surface area contributed by atoms with Gasteiger partial charge in [-0.05, 0) is 35.4 Å². The van der Waals surface area contributed by atoms with Crippen LogP contribution in [-0.4, -0.2) is 28.8 Å². The number of esters is 2. The van der Waals surface area contributed by atoms with Gasteiger partial charge in [0, 0.05) is 12.0 Å². The molecule has 0 aliphatic carbocycles. The number of aromatic carboxylic acids is 1. The normalized spacial score (nSPS) is 12.7. The molecule has 0 aromatic heterocycles. The number of ether oxygens (including phenoxy) is 1. The second kappa shape index (κ2) is 5.73. The number of carboxylic acid groups (broad SMARTS) is 1. The van der Waals surface area contributed by atoms with E-state index < -0.39 is 17.9 Å². The maximum absolute atomic E-state index is 12.0. The molecule has 6 nitrogen and oxygen atoms in total. The first-order valence-electron chi connectivity index (χ1n) is 7.24. The van der Waals surface area contributed by atoms with E-state index in [-0.39, 0.29) is 34.5 Å². The number of carboxylic acids is 1. The molecule has 0 amide bonds. The molecule has 0 saturated carbocycles. The van der Waals surface area contributed by atoms with Crippen molar-refractivity contribution in [1.82, 2.24) is 0 Å². The Kier molecular flexibility index (Phi) is 3.73. The lowest BCUT2D eigenvalue weighted by atomic mass is 9.94. The maximum atomic E-state index is 12.0. The van der Waals surface area contributed by atoms with Crippen molar-refractivity contribution in [3.05, 3.63) is 58.7 Å². The standard InChI is InChI=1S/C18H12O6/c1-2-15(19)13-7-9(3-5-11(13)16(20)21)10-4-6-12-14(8-10)18(23)24-17(12)22/h3-8H,2H2,1H3,(H,20,21). The third-order valence-corrected chi connectivity index (χ3v) is 3.85. The van der Waals surface area contributed by atoms with Crippen molar-refractivity contribution in [2.24, 2.45) is 0 Å². The van der Waals surface area contributed by atoms with E-state index in [1.54, 1.807) is 19.1 Å². The van der Waals surface area contributed by atoms with E-state index in [1.165, 1.54) is 24.3 Å². The third-order valence-electron chi connectivity index (χ3n) is 3.85. The minimum atomic E-state index is -1.18. The molecule has 1 N–H and O–H groups in total. The second-order valence-electron chi connectivity index (χ2n) is 5.28.